The molecule has 1 aromatic heterocycles. The Kier molecular flexibility index (Phi) is 6.48. The number of thiophene rings is 1. The Morgan fingerprint density at radius 1 is 1.12 bits per heavy atom. The van der Waals surface area contributed by atoms with E-state index in [4.69, 9.17) is 4.74 Å². The molecule has 1 aliphatic rings. The molecule has 0 saturated carbocycles. The predicted octanol–water partition coefficient (Wildman–Crippen LogP) is 3.89. The van der Waals surface area contributed by atoms with Crippen molar-refractivity contribution in [1.29, 1.82) is 0 Å². The number of carbonyl (C=O) groups is 1. The van der Waals surface area contributed by atoms with E-state index in [0.717, 1.165) is 63.5 Å². The van der Waals surface area contributed by atoms with Crippen LogP contribution in [0, 0.1) is 0 Å². The van der Waals surface area contributed by atoms with Gasteiger partial charge in [0.2, 0.25) is 0 Å². The van der Waals surface area contributed by atoms with Crippen LogP contribution in [0.5, 0.6) is 5.75 Å². The molecule has 0 radical (unpaired) electrons. The topological polar surface area (TPSA) is 32.8 Å². The molecule has 1 amide bonds. The van der Waals surface area contributed by atoms with Gasteiger partial charge >= 0.3 is 0 Å². The van der Waals surface area contributed by atoms with Crippen LogP contribution in [0.3, 0.4) is 0 Å². The molecule has 5 heteroatoms. The summed E-state index contributed by atoms with van der Waals surface area (Å²) in [4.78, 5) is 18.4. The van der Waals surface area contributed by atoms with E-state index in [-0.39, 0.29) is 5.91 Å². The monoisotopic (exact) mass is 358 g/mol. The summed E-state index contributed by atoms with van der Waals surface area (Å²) in [5.74, 6) is 0.960. The third-order valence-corrected chi connectivity index (χ3v) is 5.35. The number of hydrogen-bond donors (Lipinski definition) is 0. The molecule has 0 spiro atoms. The van der Waals surface area contributed by atoms with Crippen molar-refractivity contribution < 1.29 is 9.53 Å². The molecule has 0 atom stereocenters. The van der Waals surface area contributed by atoms with Gasteiger partial charge in [-0.3, -0.25) is 9.69 Å². The largest absolute Gasteiger partial charge is 0.494 e. The summed E-state index contributed by atoms with van der Waals surface area (Å²) in [5, 5.41) is 2.12. The molecule has 1 aliphatic heterocycles. The summed E-state index contributed by atoms with van der Waals surface area (Å²) in [6.07, 6.45) is 2.17. The maximum Gasteiger partial charge on any atom is 0.253 e. The van der Waals surface area contributed by atoms with E-state index in [0.29, 0.717) is 0 Å². The van der Waals surface area contributed by atoms with Crippen molar-refractivity contribution in [2.45, 2.75) is 26.3 Å². The number of unbranched alkanes of at least 4 members (excludes halogenated alkanes) is 1. The van der Waals surface area contributed by atoms with E-state index in [9.17, 15) is 4.79 Å². The number of nitrogens with zero attached hydrogens (tertiary/aromatic N) is 2. The molecule has 0 N–H and O–H groups in total. The van der Waals surface area contributed by atoms with Crippen LogP contribution in [0.25, 0.3) is 0 Å². The van der Waals surface area contributed by atoms with Crippen molar-refractivity contribution in [3.63, 3.8) is 0 Å². The van der Waals surface area contributed by atoms with Crippen molar-refractivity contribution in [2.24, 2.45) is 0 Å². The molecule has 1 aromatic carbocycles. The molecule has 4 nitrogen and oxygen atoms in total. The molecule has 0 aliphatic carbocycles. The molecule has 0 bridgehead atoms. The predicted molar refractivity (Wildman–Crippen MR) is 102 cm³/mol. The van der Waals surface area contributed by atoms with Gasteiger partial charge in [0.25, 0.3) is 5.91 Å². The van der Waals surface area contributed by atoms with Crippen molar-refractivity contribution >= 4 is 17.2 Å². The summed E-state index contributed by atoms with van der Waals surface area (Å²) < 4.78 is 5.66. The van der Waals surface area contributed by atoms with Crippen molar-refractivity contribution in [1.82, 2.24) is 9.80 Å². The van der Waals surface area contributed by atoms with E-state index < -0.39 is 0 Å². The summed E-state index contributed by atoms with van der Waals surface area (Å²) in [5.41, 5.74) is 0.745. The second kappa shape index (κ2) is 9.02. The molecular formula is C20H26N2O2S. The lowest BCUT2D eigenvalue weighted by Gasteiger charge is -2.34. The van der Waals surface area contributed by atoms with Gasteiger partial charge in [0.05, 0.1) is 6.61 Å². The first-order chi connectivity index (χ1) is 12.3. The Bertz CT molecular complexity index is 647. The molecule has 25 heavy (non-hydrogen) atoms. The lowest BCUT2D eigenvalue weighted by molar-refractivity contribution is 0.0629. The van der Waals surface area contributed by atoms with Crippen LogP contribution in [-0.2, 0) is 6.54 Å². The summed E-state index contributed by atoms with van der Waals surface area (Å²) in [6.45, 7) is 7.31. The quantitative estimate of drug-likeness (QED) is 0.704. The molecule has 0 unspecified atom stereocenters. The highest BCUT2D eigenvalue weighted by atomic mass is 32.1. The number of amides is 1. The number of hydrogen-bond acceptors (Lipinski definition) is 4. The van der Waals surface area contributed by atoms with E-state index in [1.165, 1.54) is 4.88 Å². The van der Waals surface area contributed by atoms with Crippen molar-refractivity contribution in [2.75, 3.05) is 32.8 Å². The van der Waals surface area contributed by atoms with Crippen LogP contribution in [0.1, 0.15) is 35.0 Å². The van der Waals surface area contributed by atoms with Gasteiger partial charge in [0, 0.05) is 43.2 Å². The lowest BCUT2D eigenvalue weighted by Crippen LogP contribution is -2.48. The van der Waals surface area contributed by atoms with Crippen LogP contribution in [0.4, 0.5) is 0 Å². The maximum atomic E-state index is 12.7. The molecule has 1 fully saturated rings. The fraction of sp³-hybridized carbons (Fsp3) is 0.450. The number of carbonyl (C=O) groups excluding carboxylic acids is 1. The van der Waals surface area contributed by atoms with Gasteiger partial charge in [-0.15, -0.1) is 11.3 Å². The smallest absolute Gasteiger partial charge is 0.253 e. The Balaban J connectivity index is 1.48. The molecule has 1 saturated heterocycles. The normalized spacial score (nSPS) is 15.3. The number of rotatable bonds is 7. The number of piperazine rings is 1. The van der Waals surface area contributed by atoms with Crippen LogP contribution >= 0.6 is 11.3 Å². The van der Waals surface area contributed by atoms with Gasteiger partial charge in [-0.05, 0) is 42.1 Å². The summed E-state index contributed by atoms with van der Waals surface area (Å²) in [7, 11) is 0. The third kappa shape index (κ3) is 5.06. The van der Waals surface area contributed by atoms with Crippen LogP contribution in [0.2, 0.25) is 0 Å². The first-order valence-electron chi connectivity index (χ1n) is 9.03. The number of ether oxygens (including phenoxy) is 1. The second-order valence-corrected chi connectivity index (χ2v) is 7.41. The minimum atomic E-state index is 0.121. The first-order valence-corrected chi connectivity index (χ1v) is 9.91. The Labute approximate surface area is 154 Å². The van der Waals surface area contributed by atoms with Gasteiger partial charge in [0.1, 0.15) is 5.75 Å². The van der Waals surface area contributed by atoms with Crippen LogP contribution < -0.4 is 4.74 Å². The maximum absolute atomic E-state index is 12.7. The fourth-order valence-corrected chi connectivity index (χ4v) is 3.69. The molecular weight excluding hydrogens is 332 g/mol. The molecule has 2 aromatic rings. The van der Waals surface area contributed by atoms with Gasteiger partial charge in [-0.25, -0.2) is 0 Å². The molecule has 3 rings (SSSR count). The van der Waals surface area contributed by atoms with E-state index >= 15 is 0 Å². The minimum Gasteiger partial charge on any atom is -0.494 e. The first kappa shape index (κ1) is 18.0. The van der Waals surface area contributed by atoms with Gasteiger partial charge in [-0.1, -0.05) is 19.4 Å². The second-order valence-electron chi connectivity index (χ2n) is 6.37. The zero-order valence-electron chi connectivity index (χ0n) is 14.8. The van der Waals surface area contributed by atoms with Gasteiger partial charge < -0.3 is 9.64 Å². The molecule has 2 heterocycles. The fourth-order valence-electron chi connectivity index (χ4n) is 2.94. The number of benzene rings is 1. The highest BCUT2D eigenvalue weighted by Crippen LogP contribution is 2.17. The average Bonchev–Trinajstić information content (AvgIpc) is 3.16. The zero-order valence-corrected chi connectivity index (χ0v) is 15.6. The highest BCUT2D eigenvalue weighted by Gasteiger charge is 2.22. The van der Waals surface area contributed by atoms with Crippen molar-refractivity contribution in [3.05, 3.63) is 52.2 Å². The Hall–Kier alpha value is -1.85. The lowest BCUT2D eigenvalue weighted by atomic mass is 10.1. The van der Waals surface area contributed by atoms with E-state index in [1.807, 2.05) is 29.2 Å². The SMILES string of the molecule is CCCCOc1ccc(C(=O)N2CCN(Cc3cccs3)CC2)cc1. The standard InChI is InChI=1S/C20H26N2O2S/c1-2-3-14-24-18-8-6-17(7-9-18)20(23)22-12-10-21(11-13-22)16-19-5-4-15-25-19/h4-9,15H,2-3,10-14,16H2,1H3. The van der Waals surface area contributed by atoms with E-state index in [1.54, 1.807) is 11.3 Å². The van der Waals surface area contributed by atoms with Crippen LogP contribution in [0.15, 0.2) is 41.8 Å². The zero-order chi connectivity index (χ0) is 17.5. The minimum absolute atomic E-state index is 0.121. The molecule has 134 valence electrons. The Morgan fingerprint density at radius 2 is 1.88 bits per heavy atom. The van der Waals surface area contributed by atoms with Gasteiger partial charge in [0.15, 0.2) is 0 Å². The van der Waals surface area contributed by atoms with Crippen molar-refractivity contribution in [3.8, 4) is 5.75 Å². The summed E-state index contributed by atoms with van der Waals surface area (Å²) in [6, 6.07) is 11.8. The highest BCUT2D eigenvalue weighted by molar-refractivity contribution is 7.09. The average molecular weight is 359 g/mol. The van der Waals surface area contributed by atoms with Crippen LogP contribution in [-0.4, -0.2) is 48.5 Å². The summed E-state index contributed by atoms with van der Waals surface area (Å²) >= 11 is 1.79. The third-order valence-electron chi connectivity index (χ3n) is 4.49. The Morgan fingerprint density at radius 3 is 2.52 bits per heavy atom. The van der Waals surface area contributed by atoms with E-state index in [2.05, 4.69) is 29.3 Å². The van der Waals surface area contributed by atoms with Gasteiger partial charge in [-0.2, -0.15) is 0 Å².